The van der Waals surface area contributed by atoms with Gasteiger partial charge in [0.05, 0.1) is 18.3 Å². The molecule has 0 aliphatic carbocycles. The van der Waals surface area contributed by atoms with E-state index in [-0.39, 0.29) is 60.1 Å². The van der Waals surface area contributed by atoms with Gasteiger partial charge in [-0.3, -0.25) is 0 Å². The number of aliphatic hydroxyl groups is 1. The Morgan fingerprint density at radius 1 is 0.543 bits per heavy atom. The number of methoxy groups -OCH3 is 1. The number of rotatable bonds is 8. The summed E-state index contributed by atoms with van der Waals surface area (Å²) in [5.41, 5.74) is 0. The Kier molecular flexibility index (Phi) is 10.5. The zero-order chi connectivity index (χ0) is 26.0. The first-order chi connectivity index (χ1) is 16.6. The molecule has 0 saturated carbocycles. The van der Waals surface area contributed by atoms with E-state index in [2.05, 4.69) is 62.3 Å². The van der Waals surface area contributed by atoms with E-state index in [9.17, 15) is 5.11 Å². The maximum Gasteiger partial charge on any atom is 0.185 e. The molecule has 0 spiro atoms. The molecule has 3 aliphatic heterocycles. The van der Waals surface area contributed by atoms with Gasteiger partial charge in [-0.05, 0) is 54.8 Å². The molecule has 3 heterocycles. The molecule has 1 N–H and O–H groups in total. The van der Waals surface area contributed by atoms with Crippen molar-refractivity contribution in [2.45, 2.75) is 137 Å². The average Bonchev–Trinajstić information content (AvgIpc) is 2.86. The lowest BCUT2D eigenvalue weighted by Gasteiger charge is -2.50. The minimum atomic E-state index is -0.708. The van der Waals surface area contributed by atoms with Crippen molar-refractivity contribution in [3.63, 3.8) is 0 Å². The summed E-state index contributed by atoms with van der Waals surface area (Å²) in [5.74, 6) is 1.33. The first kappa shape index (κ1) is 29.3. The predicted molar refractivity (Wildman–Crippen MR) is 135 cm³/mol. The van der Waals surface area contributed by atoms with Crippen LogP contribution in [0.4, 0.5) is 0 Å². The van der Waals surface area contributed by atoms with Crippen LogP contribution in [0.25, 0.3) is 0 Å². The van der Waals surface area contributed by atoms with Crippen molar-refractivity contribution in [2.24, 2.45) is 35.5 Å². The minimum Gasteiger partial charge on any atom is -0.388 e. The average molecular weight is 501 g/mol. The molecular weight excluding hydrogens is 448 g/mol. The second-order valence-corrected chi connectivity index (χ2v) is 11.4. The summed E-state index contributed by atoms with van der Waals surface area (Å²) >= 11 is 0. The first-order valence-corrected chi connectivity index (χ1v) is 14.1. The molecule has 0 aromatic rings. The van der Waals surface area contributed by atoms with Crippen LogP contribution in [0, 0.1) is 35.5 Å². The SMILES string of the molecule is CCC1O[C@H](OC2[C@@H](OC3[C@@H](OC)OC(CC)[C@@H](C)[C@@H]3C)OC(CC)[C@@H](C)[C@@H]2C)C(O)[C@@H](C)[C@@H]1C. The quantitative estimate of drug-likeness (QED) is 0.503. The van der Waals surface area contributed by atoms with Gasteiger partial charge in [-0.2, -0.15) is 0 Å². The number of hydrogen-bond acceptors (Lipinski definition) is 7. The standard InChI is InChI=1S/C28H52O7/c1-11-20-14(4)17(7)23(29)26(31-20)34-25-19(9)16(6)22(13-3)33-28(25)35-24-18(8)15(5)21(12-2)32-27(24)30-10/h14-29H,11-13H2,1-10H3/t14-,15-,16-,17-,18-,19-,20?,21?,22?,23?,24?,25?,26+,27-,28+/m0/s1. The Morgan fingerprint density at radius 2 is 0.914 bits per heavy atom. The van der Waals surface area contributed by atoms with Crippen molar-refractivity contribution in [3.8, 4) is 0 Å². The van der Waals surface area contributed by atoms with Crippen molar-refractivity contribution >= 4 is 0 Å². The first-order valence-electron chi connectivity index (χ1n) is 14.1. The molecule has 0 aromatic carbocycles. The summed E-state index contributed by atoms with van der Waals surface area (Å²) in [5, 5.41) is 11.1. The predicted octanol–water partition coefficient (Wildman–Crippen LogP) is 4.99. The Hall–Kier alpha value is -0.280. The summed E-state index contributed by atoms with van der Waals surface area (Å²) < 4.78 is 38.2. The fourth-order valence-electron chi connectivity index (χ4n) is 6.29. The highest BCUT2D eigenvalue weighted by molar-refractivity contribution is 4.91. The van der Waals surface area contributed by atoms with Crippen LogP contribution >= 0.6 is 0 Å². The van der Waals surface area contributed by atoms with Crippen molar-refractivity contribution in [1.82, 2.24) is 0 Å². The van der Waals surface area contributed by atoms with E-state index in [4.69, 9.17) is 28.4 Å². The normalized spacial score (nSPS) is 51.3. The van der Waals surface area contributed by atoms with Gasteiger partial charge in [-0.1, -0.05) is 62.3 Å². The lowest BCUT2D eigenvalue weighted by Crippen LogP contribution is -2.59. The molecule has 35 heavy (non-hydrogen) atoms. The van der Waals surface area contributed by atoms with Crippen molar-refractivity contribution < 1.29 is 33.5 Å². The molecule has 3 fully saturated rings. The summed E-state index contributed by atoms with van der Waals surface area (Å²) in [7, 11) is 1.67. The van der Waals surface area contributed by atoms with E-state index in [1.165, 1.54) is 0 Å². The fraction of sp³-hybridized carbons (Fsp3) is 1.00. The van der Waals surface area contributed by atoms with Crippen LogP contribution in [0.3, 0.4) is 0 Å². The van der Waals surface area contributed by atoms with Crippen LogP contribution in [0.1, 0.15) is 81.6 Å². The van der Waals surface area contributed by atoms with Crippen LogP contribution in [0.5, 0.6) is 0 Å². The molecule has 3 aliphatic rings. The summed E-state index contributed by atoms with van der Waals surface area (Å²) in [4.78, 5) is 0. The minimum absolute atomic E-state index is 0.0508. The maximum atomic E-state index is 11.1. The van der Waals surface area contributed by atoms with Gasteiger partial charge in [0.25, 0.3) is 0 Å². The molecule has 0 radical (unpaired) electrons. The van der Waals surface area contributed by atoms with Crippen LogP contribution in [0.15, 0.2) is 0 Å². The molecule has 206 valence electrons. The molecule has 3 saturated heterocycles. The van der Waals surface area contributed by atoms with Gasteiger partial charge in [0.1, 0.15) is 18.3 Å². The highest BCUT2D eigenvalue weighted by Crippen LogP contribution is 2.41. The molecule has 7 nitrogen and oxygen atoms in total. The van der Waals surface area contributed by atoms with Crippen LogP contribution < -0.4 is 0 Å². The second kappa shape index (κ2) is 12.5. The van der Waals surface area contributed by atoms with E-state index in [0.717, 1.165) is 19.3 Å². The van der Waals surface area contributed by atoms with Gasteiger partial charge in [0, 0.05) is 7.11 Å². The van der Waals surface area contributed by atoms with E-state index in [1.807, 2.05) is 0 Å². The summed E-state index contributed by atoms with van der Waals surface area (Å²) in [6, 6.07) is 0. The lowest BCUT2D eigenvalue weighted by atomic mass is 9.80. The fourth-order valence-corrected chi connectivity index (χ4v) is 6.29. The van der Waals surface area contributed by atoms with Crippen LogP contribution in [0.2, 0.25) is 0 Å². The van der Waals surface area contributed by atoms with Crippen molar-refractivity contribution in [2.75, 3.05) is 7.11 Å². The zero-order valence-electron chi connectivity index (χ0n) is 23.7. The summed E-state index contributed by atoms with van der Waals surface area (Å²) in [6.07, 6.45) is -0.180. The Bertz CT molecular complexity index is 643. The van der Waals surface area contributed by atoms with Crippen molar-refractivity contribution in [3.05, 3.63) is 0 Å². The third-order valence-electron chi connectivity index (χ3n) is 9.59. The highest BCUT2D eigenvalue weighted by Gasteiger charge is 2.50. The Balaban J connectivity index is 1.84. The second-order valence-electron chi connectivity index (χ2n) is 11.4. The van der Waals surface area contributed by atoms with Gasteiger partial charge in [0.2, 0.25) is 0 Å². The van der Waals surface area contributed by atoms with Gasteiger partial charge in [0.15, 0.2) is 18.9 Å². The topological polar surface area (TPSA) is 75.6 Å². The van der Waals surface area contributed by atoms with Gasteiger partial charge < -0.3 is 33.5 Å². The smallest absolute Gasteiger partial charge is 0.185 e. The lowest BCUT2D eigenvalue weighted by molar-refractivity contribution is -0.372. The molecule has 3 rings (SSSR count). The van der Waals surface area contributed by atoms with Crippen LogP contribution in [-0.2, 0) is 28.4 Å². The molecule has 0 amide bonds. The summed E-state index contributed by atoms with van der Waals surface area (Å²) in [6.45, 7) is 19.5. The number of aliphatic hydroxyl groups excluding tert-OH is 1. The van der Waals surface area contributed by atoms with E-state index in [1.54, 1.807) is 7.11 Å². The number of hydrogen-bond donors (Lipinski definition) is 1. The molecule has 0 bridgehead atoms. The Labute approximate surface area is 213 Å². The molecule has 15 atom stereocenters. The molecule has 6 unspecified atom stereocenters. The van der Waals surface area contributed by atoms with E-state index >= 15 is 0 Å². The number of ether oxygens (including phenoxy) is 6. The van der Waals surface area contributed by atoms with Crippen LogP contribution in [-0.4, -0.2) is 67.7 Å². The third kappa shape index (κ3) is 5.92. The zero-order valence-corrected chi connectivity index (χ0v) is 23.7. The van der Waals surface area contributed by atoms with Gasteiger partial charge >= 0.3 is 0 Å². The van der Waals surface area contributed by atoms with E-state index in [0.29, 0.717) is 5.92 Å². The molecule has 0 aromatic heterocycles. The van der Waals surface area contributed by atoms with Crippen molar-refractivity contribution in [1.29, 1.82) is 0 Å². The highest BCUT2D eigenvalue weighted by atomic mass is 16.8. The van der Waals surface area contributed by atoms with E-state index < -0.39 is 25.0 Å². The monoisotopic (exact) mass is 500 g/mol. The Morgan fingerprint density at radius 3 is 1.37 bits per heavy atom. The third-order valence-corrected chi connectivity index (χ3v) is 9.59. The largest absolute Gasteiger partial charge is 0.388 e. The van der Waals surface area contributed by atoms with Gasteiger partial charge in [-0.15, -0.1) is 0 Å². The molecular formula is C28H52O7. The molecule has 7 heteroatoms. The van der Waals surface area contributed by atoms with Gasteiger partial charge in [-0.25, -0.2) is 0 Å². The maximum absolute atomic E-state index is 11.1.